The van der Waals surface area contributed by atoms with Crippen molar-refractivity contribution in [3.05, 3.63) is 133 Å². The highest BCUT2D eigenvalue weighted by atomic mass is 16.5. The molecule has 2 aromatic rings. The van der Waals surface area contributed by atoms with Crippen molar-refractivity contribution in [1.29, 1.82) is 0 Å². The summed E-state index contributed by atoms with van der Waals surface area (Å²) in [5, 5.41) is 0. The van der Waals surface area contributed by atoms with E-state index >= 15 is 0 Å². The summed E-state index contributed by atoms with van der Waals surface area (Å²) < 4.78 is 5.79. The SMILES string of the molecule is C=CCc1ccc(CC=C)c(C=CCOCC=Cc2cc(CC=C)ccc2CC=C)c1. The zero-order valence-corrected chi connectivity index (χ0v) is 18.6. The Bertz CT molecular complexity index is 865. The van der Waals surface area contributed by atoms with Gasteiger partial charge < -0.3 is 4.74 Å². The Hall–Kier alpha value is -3.16. The monoisotopic (exact) mass is 410 g/mol. The quantitative estimate of drug-likeness (QED) is 0.234. The van der Waals surface area contributed by atoms with E-state index in [4.69, 9.17) is 4.74 Å². The second-order valence-corrected chi connectivity index (χ2v) is 7.38. The molecule has 0 saturated heterocycles. The Balaban J connectivity index is 1.94. The van der Waals surface area contributed by atoms with Gasteiger partial charge in [-0.3, -0.25) is 0 Å². The minimum atomic E-state index is 0.569. The predicted molar refractivity (Wildman–Crippen MR) is 137 cm³/mol. The van der Waals surface area contributed by atoms with Crippen LogP contribution in [0.1, 0.15) is 33.4 Å². The Morgan fingerprint density at radius 3 is 1.39 bits per heavy atom. The first-order valence-corrected chi connectivity index (χ1v) is 10.8. The van der Waals surface area contributed by atoms with Gasteiger partial charge >= 0.3 is 0 Å². The van der Waals surface area contributed by atoms with Crippen LogP contribution in [-0.2, 0) is 30.4 Å². The highest BCUT2D eigenvalue weighted by molar-refractivity contribution is 5.57. The van der Waals surface area contributed by atoms with Crippen LogP contribution in [0.25, 0.3) is 12.2 Å². The molecule has 0 unspecified atom stereocenters. The molecule has 2 aromatic carbocycles. The van der Waals surface area contributed by atoms with Crippen molar-refractivity contribution in [3.8, 4) is 0 Å². The molecule has 0 aliphatic heterocycles. The van der Waals surface area contributed by atoms with E-state index in [1.165, 1.54) is 33.4 Å². The number of rotatable bonds is 14. The fourth-order valence-corrected chi connectivity index (χ4v) is 3.42. The first-order valence-electron chi connectivity index (χ1n) is 10.8. The summed E-state index contributed by atoms with van der Waals surface area (Å²) >= 11 is 0. The standard InChI is InChI=1S/C30H34O/c1-5-11-25-17-19-27(13-7-3)29(23-25)15-9-21-31-22-10-16-30-24-26(12-6-2)18-20-28(30)14-8-4/h5-10,15-20,23-24H,1-4,11-14,21-22H2. The van der Waals surface area contributed by atoms with Gasteiger partial charge in [-0.25, -0.2) is 0 Å². The molecular formula is C30H34O. The molecule has 31 heavy (non-hydrogen) atoms. The molecule has 0 atom stereocenters. The normalized spacial score (nSPS) is 11.1. The summed E-state index contributed by atoms with van der Waals surface area (Å²) in [6.45, 7) is 16.5. The third-order valence-corrected chi connectivity index (χ3v) is 4.93. The minimum Gasteiger partial charge on any atom is -0.373 e. The van der Waals surface area contributed by atoms with Crippen LogP contribution in [0.4, 0.5) is 0 Å². The summed E-state index contributed by atoms with van der Waals surface area (Å²) in [6.07, 6.45) is 19.6. The fraction of sp³-hybridized carbons (Fsp3) is 0.200. The summed E-state index contributed by atoms with van der Waals surface area (Å²) in [5.41, 5.74) is 7.50. The van der Waals surface area contributed by atoms with E-state index in [9.17, 15) is 0 Å². The molecule has 1 heteroatoms. The van der Waals surface area contributed by atoms with Crippen LogP contribution in [0.2, 0.25) is 0 Å². The molecule has 0 bridgehead atoms. The Morgan fingerprint density at radius 2 is 1.00 bits per heavy atom. The van der Waals surface area contributed by atoms with Gasteiger partial charge in [-0.1, -0.05) is 85.0 Å². The van der Waals surface area contributed by atoms with Gasteiger partial charge in [-0.15, -0.1) is 26.3 Å². The zero-order valence-electron chi connectivity index (χ0n) is 18.6. The minimum absolute atomic E-state index is 0.569. The molecule has 1 nitrogen and oxygen atoms in total. The van der Waals surface area contributed by atoms with Crippen molar-refractivity contribution >= 4 is 12.2 Å². The van der Waals surface area contributed by atoms with E-state index in [1.54, 1.807) is 0 Å². The third-order valence-electron chi connectivity index (χ3n) is 4.93. The molecule has 0 N–H and O–H groups in total. The third kappa shape index (κ3) is 8.24. The molecule has 0 heterocycles. The van der Waals surface area contributed by atoms with Crippen molar-refractivity contribution in [2.45, 2.75) is 25.7 Å². The van der Waals surface area contributed by atoms with E-state index in [2.05, 4.69) is 87.0 Å². The van der Waals surface area contributed by atoms with Crippen molar-refractivity contribution in [2.24, 2.45) is 0 Å². The topological polar surface area (TPSA) is 9.23 Å². The molecular weight excluding hydrogens is 376 g/mol. The zero-order chi connectivity index (χ0) is 22.3. The van der Waals surface area contributed by atoms with Crippen LogP contribution in [0.5, 0.6) is 0 Å². The average Bonchev–Trinajstić information content (AvgIpc) is 2.77. The van der Waals surface area contributed by atoms with Crippen LogP contribution in [0.3, 0.4) is 0 Å². The lowest BCUT2D eigenvalue weighted by Crippen LogP contribution is -1.94. The largest absolute Gasteiger partial charge is 0.373 e. The van der Waals surface area contributed by atoms with Gasteiger partial charge in [0.05, 0.1) is 13.2 Å². The number of hydrogen-bond acceptors (Lipinski definition) is 1. The van der Waals surface area contributed by atoms with Crippen molar-refractivity contribution < 1.29 is 4.74 Å². The summed E-state index contributed by atoms with van der Waals surface area (Å²) in [6, 6.07) is 13.1. The van der Waals surface area contributed by atoms with E-state index in [0.29, 0.717) is 13.2 Å². The first-order chi connectivity index (χ1) is 15.2. The van der Waals surface area contributed by atoms with Crippen LogP contribution in [-0.4, -0.2) is 13.2 Å². The maximum absolute atomic E-state index is 5.79. The van der Waals surface area contributed by atoms with E-state index in [1.807, 2.05) is 24.3 Å². The maximum Gasteiger partial charge on any atom is 0.0655 e. The molecule has 0 radical (unpaired) electrons. The van der Waals surface area contributed by atoms with E-state index < -0.39 is 0 Å². The molecule has 0 fully saturated rings. The number of benzene rings is 2. The van der Waals surface area contributed by atoms with Crippen LogP contribution in [0, 0.1) is 0 Å². The van der Waals surface area contributed by atoms with Gasteiger partial charge in [-0.05, 0) is 59.1 Å². The lowest BCUT2D eigenvalue weighted by molar-refractivity contribution is 0.195. The second-order valence-electron chi connectivity index (χ2n) is 7.38. The number of allylic oxidation sites excluding steroid dienone is 4. The number of hydrogen-bond donors (Lipinski definition) is 0. The maximum atomic E-state index is 5.79. The highest BCUT2D eigenvalue weighted by Gasteiger charge is 2.01. The average molecular weight is 411 g/mol. The lowest BCUT2D eigenvalue weighted by atomic mass is 9.99. The predicted octanol–water partition coefficient (Wildman–Crippen LogP) is 7.34. The van der Waals surface area contributed by atoms with Gasteiger partial charge in [0, 0.05) is 0 Å². The summed E-state index contributed by atoms with van der Waals surface area (Å²) in [7, 11) is 0. The highest BCUT2D eigenvalue weighted by Crippen LogP contribution is 2.17. The molecule has 0 aliphatic rings. The van der Waals surface area contributed by atoms with E-state index in [-0.39, 0.29) is 0 Å². The first kappa shape index (κ1) is 24.1. The fourth-order valence-electron chi connectivity index (χ4n) is 3.42. The number of ether oxygens (including phenoxy) is 1. The Morgan fingerprint density at radius 1 is 0.581 bits per heavy atom. The van der Waals surface area contributed by atoms with Gasteiger partial charge in [0.1, 0.15) is 0 Å². The van der Waals surface area contributed by atoms with Crippen LogP contribution >= 0.6 is 0 Å². The van der Waals surface area contributed by atoms with Crippen molar-refractivity contribution in [1.82, 2.24) is 0 Å². The molecule has 0 aliphatic carbocycles. The Labute approximate surface area is 188 Å². The second kappa shape index (κ2) is 14.0. The molecule has 0 aromatic heterocycles. The van der Waals surface area contributed by atoms with Crippen LogP contribution in [0.15, 0.2) is 99.2 Å². The van der Waals surface area contributed by atoms with Gasteiger partial charge in [0.15, 0.2) is 0 Å². The smallest absolute Gasteiger partial charge is 0.0655 e. The van der Waals surface area contributed by atoms with Crippen molar-refractivity contribution in [3.63, 3.8) is 0 Å². The molecule has 160 valence electrons. The molecule has 0 amide bonds. The van der Waals surface area contributed by atoms with Gasteiger partial charge in [0.25, 0.3) is 0 Å². The molecule has 0 saturated carbocycles. The van der Waals surface area contributed by atoms with Gasteiger partial charge in [-0.2, -0.15) is 0 Å². The summed E-state index contributed by atoms with van der Waals surface area (Å²) in [5.74, 6) is 0. The van der Waals surface area contributed by atoms with Crippen molar-refractivity contribution in [2.75, 3.05) is 13.2 Å². The lowest BCUT2D eigenvalue weighted by Gasteiger charge is -2.07. The molecule has 2 rings (SSSR count). The Kier molecular flexibility index (Phi) is 10.9. The van der Waals surface area contributed by atoms with Crippen LogP contribution < -0.4 is 0 Å². The van der Waals surface area contributed by atoms with E-state index in [0.717, 1.165) is 25.7 Å². The van der Waals surface area contributed by atoms with Gasteiger partial charge in [0.2, 0.25) is 0 Å². The molecule has 0 spiro atoms. The summed E-state index contributed by atoms with van der Waals surface area (Å²) in [4.78, 5) is 0.